The lowest BCUT2D eigenvalue weighted by Gasteiger charge is -2.36. The highest BCUT2D eigenvalue weighted by Gasteiger charge is 2.49. The molecule has 0 saturated carbocycles. The van der Waals surface area contributed by atoms with E-state index in [0.29, 0.717) is 5.82 Å². The summed E-state index contributed by atoms with van der Waals surface area (Å²) in [6.45, 7) is 0. The van der Waals surface area contributed by atoms with E-state index in [-0.39, 0.29) is 11.6 Å². The fraction of sp³-hybridized carbons (Fsp3) is 0.0128. The fourth-order valence-corrected chi connectivity index (χ4v) is 12.8. The molecule has 0 N–H and O–H groups in total. The number of para-hydroxylation sites is 1. The number of benzene rings is 12. The van der Waals surface area contributed by atoms with Crippen LogP contribution in [0.25, 0.3) is 77.6 Å². The van der Waals surface area contributed by atoms with E-state index >= 15 is 8.78 Å². The van der Waals surface area contributed by atoms with Gasteiger partial charge in [-0.2, -0.15) is 0 Å². The van der Waals surface area contributed by atoms with Crippen LogP contribution in [0, 0.1) is 11.6 Å². The largest absolute Gasteiger partial charge is 0.455 e. The Morgan fingerprint density at radius 1 is 0.345 bits per heavy atom. The molecule has 0 aliphatic heterocycles. The maximum atomic E-state index is 15.4. The standard InChI is InChI=1S/C78H51F2N3O/c79-60-36-40-62(41-37-60)82(77-68(55-27-13-4-14-28-55)48-57(51-81-77)53-23-9-2-10-24-53)64-44-45-65-69(49-64)78(58-29-15-5-16-30-58,59-31-17-6-18-32-59)70-50-72(75-66-33-19-20-34-73(66)84-76(75)74(65)70)83(63-42-38-61(80)39-43-63)71-46-35-56(52-21-7-1-8-22-52)47-67(71)54-25-11-3-12-26-54/h1-51H. The quantitative estimate of drug-likeness (QED) is 0.122. The number of nitrogens with zero attached hydrogens (tertiary/aromatic N) is 3. The summed E-state index contributed by atoms with van der Waals surface area (Å²) in [6, 6.07) is 103. The van der Waals surface area contributed by atoms with Gasteiger partial charge in [-0.1, -0.05) is 212 Å². The van der Waals surface area contributed by atoms with Crippen molar-refractivity contribution in [2.24, 2.45) is 0 Å². The maximum absolute atomic E-state index is 15.4. The monoisotopic (exact) mass is 1080 g/mol. The van der Waals surface area contributed by atoms with Gasteiger partial charge in [-0.3, -0.25) is 4.90 Å². The molecular weight excluding hydrogens is 1030 g/mol. The smallest absolute Gasteiger partial charge is 0.145 e. The first kappa shape index (κ1) is 50.0. The number of aromatic nitrogens is 1. The Hall–Kier alpha value is -11.0. The van der Waals surface area contributed by atoms with Crippen molar-refractivity contribution in [2.45, 2.75) is 5.41 Å². The Morgan fingerprint density at radius 2 is 0.833 bits per heavy atom. The zero-order chi connectivity index (χ0) is 56.1. The van der Waals surface area contributed by atoms with Crippen molar-refractivity contribution in [3.8, 4) is 55.6 Å². The average Bonchev–Trinajstić information content (AvgIpc) is 1.59. The number of hydrogen-bond donors (Lipinski definition) is 0. The van der Waals surface area contributed by atoms with Crippen LogP contribution in [0.1, 0.15) is 22.3 Å². The van der Waals surface area contributed by atoms with Crippen molar-refractivity contribution in [3.63, 3.8) is 0 Å². The van der Waals surface area contributed by atoms with Gasteiger partial charge in [-0.25, -0.2) is 13.8 Å². The molecule has 0 unspecified atom stereocenters. The third kappa shape index (κ3) is 8.46. The lowest BCUT2D eigenvalue weighted by molar-refractivity contribution is 0.627. The summed E-state index contributed by atoms with van der Waals surface area (Å²) >= 11 is 0. The topological polar surface area (TPSA) is 32.5 Å². The van der Waals surface area contributed by atoms with Gasteiger partial charge in [0.15, 0.2) is 0 Å². The first-order valence-electron chi connectivity index (χ1n) is 28.2. The predicted molar refractivity (Wildman–Crippen MR) is 340 cm³/mol. The van der Waals surface area contributed by atoms with Crippen LogP contribution in [0.4, 0.5) is 43.0 Å². The number of fused-ring (bicyclic) bond motifs is 7. The zero-order valence-corrected chi connectivity index (χ0v) is 45.5. The summed E-state index contributed by atoms with van der Waals surface area (Å²) < 4.78 is 38.0. The Balaban J connectivity index is 1.05. The van der Waals surface area contributed by atoms with E-state index in [9.17, 15) is 0 Å². The van der Waals surface area contributed by atoms with Gasteiger partial charge >= 0.3 is 0 Å². The van der Waals surface area contributed by atoms with Gasteiger partial charge in [0.2, 0.25) is 0 Å². The minimum absolute atomic E-state index is 0.333. The molecule has 2 heterocycles. The summed E-state index contributed by atoms with van der Waals surface area (Å²) in [6.07, 6.45) is 1.93. The molecule has 84 heavy (non-hydrogen) atoms. The lowest BCUT2D eigenvalue weighted by Crippen LogP contribution is -2.29. The molecule has 1 aliphatic rings. The Morgan fingerprint density at radius 3 is 1.43 bits per heavy atom. The second kappa shape index (κ2) is 20.9. The molecule has 14 aromatic rings. The van der Waals surface area contributed by atoms with Gasteiger partial charge in [-0.05, 0) is 147 Å². The first-order valence-corrected chi connectivity index (χ1v) is 28.2. The van der Waals surface area contributed by atoms with Crippen molar-refractivity contribution < 1.29 is 13.2 Å². The van der Waals surface area contributed by atoms with Gasteiger partial charge in [0.1, 0.15) is 28.6 Å². The summed E-state index contributed by atoms with van der Waals surface area (Å²) in [4.78, 5) is 9.84. The van der Waals surface area contributed by atoms with Crippen molar-refractivity contribution in [1.29, 1.82) is 0 Å². The van der Waals surface area contributed by atoms with Gasteiger partial charge in [0.05, 0.1) is 22.2 Å². The van der Waals surface area contributed by atoms with Crippen LogP contribution in [0.3, 0.4) is 0 Å². The fourth-order valence-electron chi connectivity index (χ4n) is 12.8. The highest BCUT2D eigenvalue weighted by molar-refractivity contribution is 6.20. The van der Waals surface area contributed by atoms with E-state index in [0.717, 1.165) is 128 Å². The van der Waals surface area contributed by atoms with E-state index in [4.69, 9.17) is 9.40 Å². The minimum atomic E-state index is -0.986. The molecule has 12 aromatic carbocycles. The minimum Gasteiger partial charge on any atom is -0.455 e. The van der Waals surface area contributed by atoms with E-state index in [1.807, 2.05) is 91.1 Å². The Kier molecular flexibility index (Phi) is 12.4. The zero-order valence-electron chi connectivity index (χ0n) is 45.5. The number of hydrogen-bond acceptors (Lipinski definition) is 4. The van der Waals surface area contributed by atoms with Crippen molar-refractivity contribution in [3.05, 3.63) is 343 Å². The third-order valence-corrected chi connectivity index (χ3v) is 16.5. The van der Waals surface area contributed by atoms with Gasteiger partial charge < -0.3 is 9.32 Å². The van der Waals surface area contributed by atoms with E-state index in [1.54, 1.807) is 0 Å². The molecule has 0 fully saturated rings. The molecular formula is C78H51F2N3O. The number of rotatable bonds is 12. The summed E-state index contributed by atoms with van der Waals surface area (Å²) in [5.41, 5.74) is 18.7. The number of halogens is 2. The normalized spacial score (nSPS) is 12.3. The van der Waals surface area contributed by atoms with Crippen molar-refractivity contribution >= 4 is 56.2 Å². The average molecular weight is 1080 g/mol. The number of pyridine rings is 1. The molecule has 0 bridgehead atoms. The maximum Gasteiger partial charge on any atom is 0.145 e. The van der Waals surface area contributed by atoms with Crippen LogP contribution in [0.5, 0.6) is 0 Å². The Bertz CT molecular complexity index is 4670. The molecule has 0 saturated heterocycles. The number of anilines is 6. The molecule has 15 rings (SSSR count). The van der Waals surface area contributed by atoms with Crippen LogP contribution in [-0.4, -0.2) is 4.98 Å². The van der Waals surface area contributed by atoms with Crippen LogP contribution in [0.2, 0.25) is 0 Å². The highest BCUT2D eigenvalue weighted by Crippen LogP contribution is 2.62. The van der Waals surface area contributed by atoms with Crippen molar-refractivity contribution in [2.75, 3.05) is 9.80 Å². The summed E-state index contributed by atoms with van der Waals surface area (Å²) in [7, 11) is 0. The number of furan rings is 1. The molecule has 398 valence electrons. The molecule has 2 aromatic heterocycles. The van der Waals surface area contributed by atoms with E-state index < -0.39 is 5.41 Å². The van der Waals surface area contributed by atoms with Crippen LogP contribution in [-0.2, 0) is 5.41 Å². The van der Waals surface area contributed by atoms with E-state index in [1.165, 1.54) is 24.3 Å². The van der Waals surface area contributed by atoms with Gasteiger partial charge in [0, 0.05) is 50.9 Å². The molecule has 0 amide bonds. The summed E-state index contributed by atoms with van der Waals surface area (Å²) in [5, 5.41) is 1.85. The molecule has 4 nitrogen and oxygen atoms in total. The molecule has 0 atom stereocenters. The summed E-state index contributed by atoms with van der Waals surface area (Å²) in [5.74, 6) is 0.00675. The second-order valence-corrected chi connectivity index (χ2v) is 21.2. The second-order valence-electron chi connectivity index (χ2n) is 21.2. The Labute approximate surface area is 486 Å². The predicted octanol–water partition coefficient (Wildman–Crippen LogP) is 21.2. The first-order chi connectivity index (χ1) is 41.5. The molecule has 0 spiro atoms. The van der Waals surface area contributed by atoms with Crippen molar-refractivity contribution in [1.82, 2.24) is 4.98 Å². The SMILES string of the molecule is Fc1ccc(N(c2ccc3c(c2)C(c2ccccc2)(c2ccccc2)c2cc(N(c4ccc(F)cc4)c4ccc(-c5ccccc5)cc4-c4ccccc4)c4c(oc5ccccc54)c2-3)c2ncc(-c3ccccc3)cc2-c2ccccc2)cc1. The molecule has 1 aliphatic carbocycles. The highest BCUT2D eigenvalue weighted by atomic mass is 19.1. The van der Waals surface area contributed by atoms with Gasteiger partial charge in [0.25, 0.3) is 0 Å². The third-order valence-electron chi connectivity index (χ3n) is 16.5. The van der Waals surface area contributed by atoms with Gasteiger partial charge in [-0.15, -0.1) is 0 Å². The van der Waals surface area contributed by atoms with E-state index in [2.05, 4.69) is 204 Å². The molecule has 6 heteroatoms. The lowest BCUT2D eigenvalue weighted by atomic mass is 9.67. The van der Waals surface area contributed by atoms with Crippen LogP contribution < -0.4 is 9.80 Å². The van der Waals surface area contributed by atoms with Crippen LogP contribution in [0.15, 0.2) is 314 Å². The molecule has 0 radical (unpaired) electrons. The van der Waals surface area contributed by atoms with Crippen LogP contribution >= 0.6 is 0 Å².